The van der Waals surface area contributed by atoms with Crippen LogP contribution in [0.5, 0.6) is 5.75 Å². The summed E-state index contributed by atoms with van der Waals surface area (Å²) in [6.45, 7) is 4.14. The van der Waals surface area contributed by atoms with Crippen molar-refractivity contribution in [1.29, 1.82) is 0 Å². The third kappa shape index (κ3) is 5.06. The predicted molar refractivity (Wildman–Crippen MR) is 125 cm³/mol. The molecule has 0 spiro atoms. The molecule has 1 N–H and O–H groups in total. The van der Waals surface area contributed by atoms with Crippen molar-refractivity contribution < 1.29 is 22.5 Å². The lowest BCUT2D eigenvalue weighted by Crippen LogP contribution is -2.23. The summed E-state index contributed by atoms with van der Waals surface area (Å²) in [6.07, 6.45) is 1.16. The fourth-order valence-electron chi connectivity index (χ4n) is 3.51. The number of benzene rings is 3. The van der Waals surface area contributed by atoms with E-state index >= 15 is 0 Å². The van der Waals surface area contributed by atoms with Crippen molar-refractivity contribution in [3.63, 3.8) is 0 Å². The van der Waals surface area contributed by atoms with Gasteiger partial charge in [-0.3, -0.25) is 4.79 Å². The van der Waals surface area contributed by atoms with Gasteiger partial charge in [-0.05, 0) is 54.4 Å². The minimum Gasteiger partial charge on any atom is -0.488 e. The molecule has 0 fully saturated rings. The van der Waals surface area contributed by atoms with Gasteiger partial charge in [0.25, 0.3) is 5.91 Å². The first-order chi connectivity index (χ1) is 15.7. The molecule has 0 atom stereocenters. The van der Waals surface area contributed by atoms with Crippen molar-refractivity contribution in [2.75, 3.05) is 6.26 Å². The van der Waals surface area contributed by atoms with Gasteiger partial charge < -0.3 is 14.6 Å². The molecule has 3 aromatic carbocycles. The van der Waals surface area contributed by atoms with E-state index in [2.05, 4.69) is 10.5 Å². The molecule has 4 aromatic rings. The van der Waals surface area contributed by atoms with Crippen molar-refractivity contribution in [3.05, 3.63) is 88.8 Å². The Bertz CT molecular complexity index is 1400. The van der Waals surface area contributed by atoms with Gasteiger partial charge in [0.15, 0.2) is 9.84 Å². The predicted octanol–water partition coefficient (Wildman–Crippen LogP) is 4.36. The van der Waals surface area contributed by atoms with Gasteiger partial charge in [-0.1, -0.05) is 41.6 Å². The van der Waals surface area contributed by atoms with E-state index < -0.39 is 9.84 Å². The molecule has 1 aromatic heterocycles. The number of carbonyl (C=O) groups excluding carboxylic acids is 1. The van der Waals surface area contributed by atoms with Gasteiger partial charge in [0.05, 0.1) is 21.7 Å². The van der Waals surface area contributed by atoms with Crippen LogP contribution in [0.15, 0.2) is 70.1 Å². The van der Waals surface area contributed by atoms with Gasteiger partial charge in [0.2, 0.25) is 0 Å². The van der Waals surface area contributed by atoms with E-state index in [1.54, 1.807) is 18.2 Å². The van der Waals surface area contributed by atoms with E-state index in [0.717, 1.165) is 33.8 Å². The highest BCUT2D eigenvalue weighted by atomic mass is 32.2. The smallest absolute Gasteiger partial charge is 0.255 e. The molecule has 7 nitrogen and oxygen atoms in total. The second-order valence-corrected chi connectivity index (χ2v) is 9.90. The fourth-order valence-corrected chi connectivity index (χ4v) is 4.14. The molecule has 0 aliphatic carbocycles. The molecule has 1 heterocycles. The number of rotatable bonds is 7. The number of sulfone groups is 1. The number of fused-ring (bicyclic) bond motifs is 1. The number of aryl methyl sites for hydroxylation is 2. The molecule has 0 saturated heterocycles. The topological polar surface area (TPSA) is 98.5 Å². The summed E-state index contributed by atoms with van der Waals surface area (Å²) in [5.74, 6) is 0.845. The Morgan fingerprint density at radius 2 is 1.70 bits per heavy atom. The number of nitrogens with one attached hydrogen (secondary N) is 1. The largest absolute Gasteiger partial charge is 0.488 e. The van der Waals surface area contributed by atoms with Gasteiger partial charge in [0, 0.05) is 12.8 Å². The van der Waals surface area contributed by atoms with E-state index in [4.69, 9.17) is 9.26 Å². The van der Waals surface area contributed by atoms with Crippen molar-refractivity contribution in [3.8, 4) is 5.75 Å². The first-order valence-electron chi connectivity index (χ1n) is 10.4. The van der Waals surface area contributed by atoms with E-state index in [1.807, 2.05) is 44.2 Å². The standard InChI is InChI=1S/C25H24N2O5S/c1-16-23(17(2)32-27-16)15-31-24-13-20-7-5-4-6-19(20)12-22(24)25(28)26-14-18-8-10-21(11-9-18)33(3,29)30/h4-13H,14-15H2,1-3H3,(H,26,28). The zero-order valence-corrected chi connectivity index (χ0v) is 19.4. The quantitative estimate of drug-likeness (QED) is 0.436. The van der Waals surface area contributed by atoms with E-state index in [9.17, 15) is 13.2 Å². The van der Waals surface area contributed by atoms with Crippen LogP contribution in [0.1, 0.15) is 32.9 Å². The Labute approximate surface area is 192 Å². The molecule has 170 valence electrons. The van der Waals surface area contributed by atoms with Crippen LogP contribution in [0.4, 0.5) is 0 Å². The third-order valence-electron chi connectivity index (χ3n) is 5.45. The third-order valence-corrected chi connectivity index (χ3v) is 6.58. The summed E-state index contributed by atoms with van der Waals surface area (Å²) in [7, 11) is -3.27. The zero-order chi connectivity index (χ0) is 23.6. The molecular weight excluding hydrogens is 440 g/mol. The molecular formula is C25H24N2O5S. The second kappa shape index (κ2) is 9.07. The van der Waals surface area contributed by atoms with Crippen molar-refractivity contribution in [1.82, 2.24) is 10.5 Å². The van der Waals surface area contributed by atoms with E-state index in [1.165, 1.54) is 12.1 Å². The van der Waals surface area contributed by atoms with Gasteiger partial charge in [0.1, 0.15) is 18.1 Å². The summed E-state index contributed by atoms with van der Waals surface area (Å²) < 4.78 is 34.5. The summed E-state index contributed by atoms with van der Waals surface area (Å²) in [6, 6.07) is 17.8. The number of hydrogen-bond acceptors (Lipinski definition) is 6. The van der Waals surface area contributed by atoms with Crippen LogP contribution < -0.4 is 10.1 Å². The van der Waals surface area contributed by atoms with E-state index in [0.29, 0.717) is 17.1 Å². The van der Waals surface area contributed by atoms with Crippen molar-refractivity contribution in [2.45, 2.75) is 31.9 Å². The van der Waals surface area contributed by atoms with Crippen LogP contribution in [0.25, 0.3) is 10.8 Å². The van der Waals surface area contributed by atoms with Crippen LogP contribution in [0, 0.1) is 13.8 Å². The minimum atomic E-state index is -3.27. The number of amides is 1. The van der Waals surface area contributed by atoms with Gasteiger partial charge in [-0.25, -0.2) is 8.42 Å². The SMILES string of the molecule is Cc1noc(C)c1COc1cc2ccccc2cc1C(=O)NCc1ccc(S(C)(=O)=O)cc1. The highest BCUT2D eigenvalue weighted by Crippen LogP contribution is 2.28. The summed E-state index contributed by atoms with van der Waals surface area (Å²) >= 11 is 0. The molecule has 33 heavy (non-hydrogen) atoms. The van der Waals surface area contributed by atoms with Crippen LogP contribution in [-0.4, -0.2) is 25.7 Å². The highest BCUT2D eigenvalue weighted by molar-refractivity contribution is 7.90. The normalized spacial score (nSPS) is 11.5. The average Bonchev–Trinajstić information content (AvgIpc) is 3.12. The van der Waals surface area contributed by atoms with Crippen LogP contribution in [0.3, 0.4) is 0 Å². The number of hydrogen-bond donors (Lipinski definition) is 1. The Morgan fingerprint density at radius 1 is 1.03 bits per heavy atom. The Morgan fingerprint density at radius 3 is 2.30 bits per heavy atom. The van der Waals surface area contributed by atoms with Crippen LogP contribution in [0.2, 0.25) is 0 Å². The highest BCUT2D eigenvalue weighted by Gasteiger charge is 2.17. The first-order valence-corrected chi connectivity index (χ1v) is 12.3. The number of nitrogens with zero attached hydrogens (tertiary/aromatic N) is 1. The van der Waals surface area contributed by atoms with Gasteiger partial charge in [-0.2, -0.15) is 0 Å². The molecule has 1 amide bonds. The molecule has 8 heteroatoms. The molecule has 0 unspecified atom stereocenters. The van der Waals surface area contributed by atoms with Gasteiger partial charge in [-0.15, -0.1) is 0 Å². The zero-order valence-electron chi connectivity index (χ0n) is 18.6. The number of ether oxygens (including phenoxy) is 1. The number of carbonyl (C=O) groups is 1. The van der Waals surface area contributed by atoms with Gasteiger partial charge >= 0.3 is 0 Å². The molecule has 0 bridgehead atoms. The molecule has 0 radical (unpaired) electrons. The van der Waals surface area contributed by atoms with E-state index in [-0.39, 0.29) is 24.0 Å². The maximum Gasteiger partial charge on any atom is 0.255 e. The fraction of sp³-hybridized carbons (Fsp3) is 0.200. The lowest BCUT2D eigenvalue weighted by Gasteiger charge is -2.14. The molecule has 4 rings (SSSR count). The average molecular weight is 465 g/mol. The molecule has 0 saturated carbocycles. The number of aromatic nitrogens is 1. The van der Waals surface area contributed by atoms with Crippen LogP contribution in [-0.2, 0) is 23.0 Å². The second-order valence-electron chi connectivity index (χ2n) is 7.89. The van der Waals surface area contributed by atoms with Crippen LogP contribution >= 0.6 is 0 Å². The Hall–Kier alpha value is -3.65. The summed E-state index contributed by atoms with van der Waals surface area (Å²) in [5, 5.41) is 8.72. The Balaban J connectivity index is 1.57. The lowest BCUT2D eigenvalue weighted by atomic mass is 10.0. The summed E-state index contributed by atoms with van der Waals surface area (Å²) in [5.41, 5.74) is 2.79. The molecule has 0 aliphatic rings. The maximum absolute atomic E-state index is 13.1. The Kier molecular flexibility index (Phi) is 6.20. The van der Waals surface area contributed by atoms with Crippen molar-refractivity contribution >= 4 is 26.5 Å². The first kappa shape index (κ1) is 22.5. The molecule has 0 aliphatic heterocycles. The minimum absolute atomic E-state index is 0.229. The maximum atomic E-state index is 13.1. The van der Waals surface area contributed by atoms with Crippen molar-refractivity contribution in [2.24, 2.45) is 0 Å². The monoisotopic (exact) mass is 464 g/mol. The summed E-state index contributed by atoms with van der Waals surface area (Å²) in [4.78, 5) is 13.3. The lowest BCUT2D eigenvalue weighted by molar-refractivity contribution is 0.0946.